The minimum atomic E-state index is -0.996. The van der Waals surface area contributed by atoms with E-state index in [1.807, 2.05) is 6.26 Å². The van der Waals surface area contributed by atoms with Gasteiger partial charge in [-0.1, -0.05) is 0 Å². The maximum atomic E-state index is 10.0. The van der Waals surface area contributed by atoms with Gasteiger partial charge in [0.05, 0.1) is 0 Å². The normalized spacial score (nSPS) is 10.1. The predicted octanol–water partition coefficient (Wildman–Crippen LogP) is 0.315. The van der Waals surface area contributed by atoms with Crippen molar-refractivity contribution in [3.63, 3.8) is 0 Å². The highest BCUT2D eigenvalue weighted by Gasteiger charge is 2.10. The number of aliphatic carboxylic acids is 1. The molecule has 1 radical (unpaired) electrons. The van der Waals surface area contributed by atoms with E-state index in [4.69, 9.17) is 10.8 Å². The summed E-state index contributed by atoms with van der Waals surface area (Å²) in [7, 11) is 0. The number of carboxylic acid groups (broad SMARTS) is 1. The van der Waals surface area contributed by atoms with Crippen LogP contribution in [0.4, 0.5) is 0 Å². The monoisotopic (exact) mass is 148 g/mol. The first-order chi connectivity index (χ1) is 4.18. The maximum absolute atomic E-state index is 10.0. The first-order valence-electron chi connectivity index (χ1n) is 2.52. The van der Waals surface area contributed by atoms with Crippen LogP contribution in [0.25, 0.3) is 0 Å². The summed E-state index contributed by atoms with van der Waals surface area (Å²) in [6, 6.07) is 0.0457. The van der Waals surface area contributed by atoms with Crippen molar-refractivity contribution in [1.82, 2.24) is 0 Å². The van der Waals surface area contributed by atoms with Crippen molar-refractivity contribution in [2.45, 2.75) is 6.42 Å². The molecular formula is C5H10NO2S. The molecular weight excluding hydrogens is 138 g/mol. The number of carbonyl (C=O) groups is 1. The lowest BCUT2D eigenvalue weighted by molar-refractivity contribution is -0.135. The van der Waals surface area contributed by atoms with Gasteiger partial charge >= 0.3 is 5.97 Å². The lowest BCUT2D eigenvalue weighted by atomic mass is 10.2. The molecule has 3 nitrogen and oxygen atoms in total. The van der Waals surface area contributed by atoms with Gasteiger partial charge in [-0.2, -0.15) is 11.8 Å². The Kier molecular flexibility index (Phi) is 4.53. The highest BCUT2D eigenvalue weighted by molar-refractivity contribution is 7.98. The Morgan fingerprint density at radius 2 is 2.33 bits per heavy atom. The zero-order valence-electron chi connectivity index (χ0n) is 5.26. The minimum Gasteiger partial charge on any atom is -0.480 e. The number of carboxylic acids is 1. The molecule has 0 aliphatic carbocycles. The minimum absolute atomic E-state index is 0.0457. The van der Waals surface area contributed by atoms with Gasteiger partial charge in [-0.05, 0) is 18.4 Å². The van der Waals surface area contributed by atoms with Gasteiger partial charge in [-0.15, -0.1) is 0 Å². The van der Waals surface area contributed by atoms with Gasteiger partial charge in [0, 0.05) is 0 Å². The van der Waals surface area contributed by atoms with Crippen LogP contribution in [0.2, 0.25) is 0 Å². The standard InChI is InChI=1S/C5H10NO2S/c1-9-3-2-4(6)5(7)8/h2-3,6H2,1H3,(H,7,8). The van der Waals surface area contributed by atoms with Crippen LogP contribution in [0.15, 0.2) is 0 Å². The van der Waals surface area contributed by atoms with E-state index in [-0.39, 0.29) is 6.04 Å². The molecule has 0 saturated carbocycles. The van der Waals surface area contributed by atoms with E-state index < -0.39 is 5.97 Å². The van der Waals surface area contributed by atoms with Gasteiger partial charge in [0.1, 0.15) is 6.04 Å². The van der Waals surface area contributed by atoms with Crippen molar-refractivity contribution in [3.8, 4) is 0 Å². The molecule has 0 fully saturated rings. The Bertz CT molecular complexity index is 97.0. The molecule has 3 N–H and O–H groups in total. The van der Waals surface area contributed by atoms with Crippen LogP contribution >= 0.6 is 11.8 Å². The summed E-state index contributed by atoms with van der Waals surface area (Å²) >= 11 is 1.58. The molecule has 0 bridgehead atoms. The Morgan fingerprint density at radius 3 is 2.67 bits per heavy atom. The quantitative estimate of drug-likeness (QED) is 0.602. The Hall–Kier alpha value is -0.220. The molecule has 9 heavy (non-hydrogen) atoms. The molecule has 4 heteroatoms. The van der Waals surface area contributed by atoms with Crippen LogP contribution in [-0.2, 0) is 4.79 Å². The second-order valence-electron chi connectivity index (χ2n) is 1.57. The number of thioether (sulfide) groups is 1. The number of hydrogen-bond donors (Lipinski definition) is 2. The van der Waals surface area contributed by atoms with Gasteiger partial charge < -0.3 is 10.8 Å². The fourth-order valence-electron chi connectivity index (χ4n) is 0.319. The van der Waals surface area contributed by atoms with Crippen molar-refractivity contribution in [2.75, 3.05) is 12.0 Å². The molecule has 0 aromatic rings. The maximum Gasteiger partial charge on any atom is 0.326 e. The van der Waals surface area contributed by atoms with E-state index in [1.54, 1.807) is 11.8 Å². The molecule has 0 atom stereocenters. The van der Waals surface area contributed by atoms with Crippen molar-refractivity contribution in [1.29, 1.82) is 0 Å². The highest BCUT2D eigenvalue weighted by Crippen LogP contribution is 2.03. The van der Waals surface area contributed by atoms with Crippen molar-refractivity contribution >= 4 is 17.7 Å². The number of nitrogens with two attached hydrogens (primary N) is 1. The fourth-order valence-corrected chi connectivity index (χ4v) is 0.743. The summed E-state index contributed by atoms with van der Waals surface area (Å²) in [5.41, 5.74) is 5.11. The molecule has 0 aromatic carbocycles. The fraction of sp³-hybridized carbons (Fsp3) is 0.600. The van der Waals surface area contributed by atoms with Crippen LogP contribution < -0.4 is 5.73 Å². The zero-order chi connectivity index (χ0) is 7.28. The lowest BCUT2D eigenvalue weighted by Gasteiger charge is -2.00. The van der Waals surface area contributed by atoms with Crippen LogP contribution in [0.1, 0.15) is 6.42 Å². The topological polar surface area (TPSA) is 63.3 Å². The van der Waals surface area contributed by atoms with Crippen molar-refractivity contribution in [2.24, 2.45) is 5.73 Å². The van der Waals surface area contributed by atoms with Crippen molar-refractivity contribution < 1.29 is 9.90 Å². The summed E-state index contributed by atoms with van der Waals surface area (Å²) in [5, 5.41) is 8.24. The highest BCUT2D eigenvalue weighted by atomic mass is 32.2. The molecule has 0 aliphatic rings. The molecule has 53 valence electrons. The van der Waals surface area contributed by atoms with Gasteiger partial charge in [0.2, 0.25) is 0 Å². The van der Waals surface area contributed by atoms with E-state index in [0.29, 0.717) is 6.42 Å². The van der Waals surface area contributed by atoms with Gasteiger partial charge in [0.25, 0.3) is 0 Å². The van der Waals surface area contributed by atoms with E-state index in [9.17, 15) is 4.79 Å². The van der Waals surface area contributed by atoms with Crippen LogP contribution in [0.3, 0.4) is 0 Å². The van der Waals surface area contributed by atoms with E-state index >= 15 is 0 Å². The second-order valence-corrected chi connectivity index (χ2v) is 2.56. The third-order valence-electron chi connectivity index (χ3n) is 0.850. The summed E-state index contributed by atoms with van der Waals surface area (Å²) in [5.74, 6) is -0.220. The average molecular weight is 148 g/mol. The third-order valence-corrected chi connectivity index (χ3v) is 1.46. The zero-order valence-corrected chi connectivity index (χ0v) is 6.07. The molecule has 0 aliphatic heterocycles. The van der Waals surface area contributed by atoms with Gasteiger partial charge in [-0.25, -0.2) is 0 Å². The third kappa shape index (κ3) is 4.29. The Balaban J connectivity index is 3.27. The summed E-state index contributed by atoms with van der Waals surface area (Å²) in [6.45, 7) is 0. The summed E-state index contributed by atoms with van der Waals surface area (Å²) in [6.07, 6.45) is 2.38. The SMILES string of the molecule is CSCC[C](N)C(=O)O. The molecule has 0 heterocycles. The molecule has 0 amide bonds. The summed E-state index contributed by atoms with van der Waals surface area (Å²) < 4.78 is 0. The molecule has 0 unspecified atom stereocenters. The Morgan fingerprint density at radius 1 is 1.78 bits per heavy atom. The van der Waals surface area contributed by atoms with Gasteiger partial charge in [-0.3, -0.25) is 4.79 Å². The van der Waals surface area contributed by atoms with E-state index in [0.717, 1.165) is 5.75 Å². The smallest absolute Gasteiger partial charge is 0.326 e. The van der Waals surface area contributed by atoms with E-state index in [1.165, 1.54) is 0 Å². The molecule has 0 aromatic heterocycles. The van der Waals surface area contributed by atoms with Crippen LogP contribution in [0.5, 0.6) is 0 Å². The van der Waals surface area contributed by atoms with Gasteiger partial charge in [0.15, 0.2) is 0 Å². The van der Waals surface area contributed by atoms with Crippen LogP contribution in [0, 0.1) is 6.04 Å². The van der Waals surface area contributed by atoms with Crippen LogP contribution in [-0.4, -0.2) is 23.1 Å². The predicted molar refractivity (Wildman–Crippen MR) is 38.1 cm³/mol. The average Bonchev–Trinajstić information content (AvgIpc) is 1.82. The Labute approximate surface area is 58.6 Å². The van der Waals surface area contributed by atoms with E-state index in [2.05, 4.69) is 0 Å². The summed E-state index contributed by atoms with van der Waals surface area (Å²) in [4.78, 5) is 10.0. The second kappa shape index (κ2) is 4.64. The van der Waals surface area contributed by atoms with Crippen molar-refractivity contribution in [3.05, 3.63) is 6.04 Å². The lowest BCUT2D eigenvalue weighted by Crippen LogP contribution is -2.20. The molecule has 0 saturated heterocycles. The molecule has 0 rings (SSSR count). The first kappa shape index (κ1) is 8.78. The molecule has 0 spiro atoms. The largest absolute Gasteiger partial charge is 0.480 e. The first-order valence-corrected chi connectivity index (χ1v) is 3.91. The number of hydrogen-bond acceptors (Lipinski definition) is 3. The number of rotatable bonds is 4.